The molecule has 462 valence electrons. The third-order valence-corrected chi connectivity index (χ3v) is 14.4. The average Bonchev–Trinajstić information content (AvgIpc) is 3.47. The maximum absolute atomic E-state index is 12.9. The lowest BCUT2D eigenvalue weighted by atomic mass is 10.1. The van der Waals surface area contributed by atoms with Gasteiger partial charge in [0.15, 0.2) is 6.10 Å². The lowest BCUT2D eigenvalue weighted by Crippen LogP contribution is -2.30. The molecule has 0 bridgehead atoms. The predicted octanol–water partition coefficient (Wildman–Crippen LogP) is 23.6. The summed E-state index contributed by atoms with van der Waals surface area (Å²) in [5.74, 6) is -0.911. The van der Waals surface area contributed by atoms with Crippen LogP contribution in [-0.2, 0) is 28.6 Å². The van der Waals surface area contributed by atoms with E-state index < -0.39 is 6.10 Å². The van der Waals surface area contributed by atoms with Crippen molar-refractivity contribution in [3.05, 3.63) is 122 Å². The van der Waals surface area contributed by atoms with Crippen LogP contribution in [0, 0.1) is 0 Å². The molecule has 0 radical (unpaired) electrons. The Morgan fingerprint density at radius 2 is 0.481 bits per heavy atom. The van der Waals surface area contributed by atoms with Crippen LogP contribution in [0.5, 0.6) is 0 Å². The number of unbranched alkanes of at least 4 members (excludes halogenated alkanes) is 30. The molecule has 0 aromatic heterocycles. The molecule has 6 heteroatoms. The van der Waals surface area contributed by atoms with Crippen LogP contribution in [0.3, 0.4) is 0 Å². The zero-order valence-electron chi connectivity index (χ0n) is 53.0. The molecule has 0 aromatic carbocycles. The van der Waals surface area contributed by atoms with Gasteiger partial charge < -0.3 is 14.2 Å². The van der Waals surface area contributed by atoms with Crippen LogP contribution in [0.25, 0.3) is 0 Å². The monoisotopic (exact) mass is 1120 g/mol. The van der Waals surface area contributed by atoms with Gasteiger partial charge in [0.1, 0.15) is 13.2 Å². The molecule has 0 saturated carbocycles. The summed E-state index contributed by atoms with van der Waals surface area (Å²) in [6.45, 7) is 6.51. The quantitative estimate of drug-likeness (QED) is 0.0261. The van der Waals surface area contributed by atoms with Crippen LogP contribution >= 0.6 is 0 Å². The Kier molecular flexibility index (Phi) is 64.8. The summed E-state index contributed by atoms with van der Waals surface area (Å²) in [6.07, 6.45) is 94.9. The van der Waals surface area contributed by atoms with Gasteiger partial charge in [-0.05, 0) is 135 Å². The smallest absolute Gasteiger partial charge is 0.306 e. The third kappa shape index (κ3) is 66.5. The number of hydrogen-bond acceptors (Lipinski definition) is 6. The van der Waals surface area contributed by atoms with E-state index in [-0.39, 0.29) is 31.1 Å². The second kappa shape index (κ2) is 68.3. The number of carbonyl (C=O) groups is 3. The second-order valence-corrected chi connectivity index (χ2v) is 22.3. The van der Waals surface area contributed by atoms with Crippen molar-refractivity contribution >= 4 is 17.9 Å². The van der Waals surface area contributed by atoms with E-state index in [9.17, 15) is 14.4 Å². The lowest BCUT2D eigenvalue weighted by Gasteiger charge is -2.18. The maximum atomic E-state index is 12.9. The Morgan fingerprint density at radius 1 is 0.259 bits per heavy atom. The van der Waals surface area contributed by atoms with Crippen LogP contribution in [0.4, 0.5) is 0 Å². The molecule has 0 heterocycles. The minimum atomic E-state index is -0.796. The fourth-order valence-electron chi connectivity index (χ4n) is 9.33. The highest BCUT2D eigenvalue weighted by Gasteiger charge is 2.19. The van der Waals surface area contributed by atoms with E-state index in [0.717, 1.165) is 135 Å². The van der Waals surface area contributed by atoms with Crippen molar-refractivity contribution < 1.29 is 28.6 Å². The zero-order valence-corrected chi connectivity index (χ0v) is 53.0. The molecule has 0 aliphatic rings. The molecule has 1 atom stereocenters. The van der Waals surface area contributed by atoms with Crippen molar-refractivity contribution in [1.82, 2.24) is 0 Å². The van der Waals surface area contributed by atoms with E-state index in [0.29, 0.717) is 19.3 Å². The molecule has 0 spiro atoms. The first-order valence-electron chi connectivity index (χ1n) is 34.0. The molecule has 0 saturated heterocycles. The van der Waals surface area contributed by atoms with Gasteiger partial charge in [-0.2, -0.15) is 0 Å². The molecule has 6 nitrogen and oxygen atoms in total. The summed E-state index contributed by atoms with van der Waals surface area (Å²) in [4.78, 5) is 38.4. The van der Waals surface area contributed by atoms with Crippen molar-refractivity contribution in [2.24, 2.45) is 0 Å². The second-order valence-electron chi connectivity index (χ2n) is 22.3. The number of ether oxygens (including phenoxy) is 3. The van der Waals surface area contributed by atoms with E-state index in [1.165, 1.54) is 141 Å². The summed E-state index contributed by atoms with van der Waals surface area (Å²) in [5, 5.41) is 0. The number of allylic oxidation sites excluding steroid dienone is 20. The van der Waals surface area contributed by atoms with Gasteiger partial charge in [-0.25, -0.2) is 0 Å². The van der Waals surface area contributed by atoms with E-state index in [4.69, 9.17) is 14.2 Å². The Balaban J connectivity index is 4.39. The SMILES string of the molecule is CC/C=C\C/C=C\C/C=C\C/C=C\C/C=C\C/C=C\C/C=C\CCCCCCCCCC(=O)OCC(COC(=O)CCCCCCC/C=C\C/C=C\CCCCCC)OC(=O)CCCCCCCCC/C=C\CCCCCCCCC. The minimum Gasteiger partial charge on any atom is -0.462 e. The maximum Gasteiger partial charge on any atom is 0.306 e. The Hall–Kier alpha value is -4.19. The summed E-state index contributed by atoms with van der Waals surface area (Å²) in [6, 6.07) is 0. The van der Waals surface area contributed by atoms with Crippen molar-refractivity contribution in [1.29, 1.82) is 0 Å². The molecule has 0 rings (SSSR count). The predicted molar refractivity (Wildman–Crippen MR) is 353 cm³/mol. The number of rotatable bonds is 61. The number of carbonyl (C=O) groups excluding carboxylic acids is 3. The Labute approximate surface area is 501 Å². The molecule has 81 heavy (non-hydrogen) atoms. The van der Waals surface area contributed by atoms with Gasteiger partial charge in [-0.15, -0.1) is 0 Å². The van der Waals surface area contributed by atoms with Crippen molar-refractivity contribution in [3.8, 4) is 0 Å². The standard InChI is InChI=1S/C75H126O6/c1-4-7-10-13-16-19-22-25-28-31-33-34-35-36-37-38-39-40-41-42-43-45-47-50-53-56-59-62-65-68-74(77)80-71-72(70-79-73(76)67-64-61-58-55-52-49-46-30-27-24-21-18-15-12-9-6-3)81-75(78)69-66-63-60-57-54-51-48-44-32-29-26-23-20-17-14-11-8-5-2/h7,10,16,19,21,24-25,28-30,32-34,36-37,39-40,42-43,46,72H,4-6,8-9,11-15,17-18,20,22-23,26-27,31,35,38,41,44-45,47-71H2,1-3H3/b10-7-,19-16-,24-21-,28-25-,32-29-,34-33-,37-36-,40-39-,43-42-,46-30-. The van der Waals surface area contributed by atoms with Gasteiger partial charge in [0.2, 0.25) is 0 Å². The van der Waals surface area contributed by atoms with Crippen molar-refractivity contribution in [2.75, 3.05) is 13.2 Å². The first-order chi connectivity index (χ1) is 40.0. The summed E-state index contributed by atoms with van der Waals surface area (Å²) < 4.78 is 16.9. The van der Waals surface area contributed by atoms with Crippen LogP contribution in [0.2, 0.25) is 0 Å². The van der Waals surface area contributed by atoms with Gasteiger partial charge in [-0.3, -0.25) is 14.4 Å². The van der Waals surface area contributed by atoms with Crippen molar-refractivity contribution in [2.45, 2.75) is 322 Å². The normalized spacial score (nSPS) is 12.9. The van der Waals surface area contributed by atoms with Gasteiger partial charge in [-0.1, -0.05) is 284 Å². The highest BCUT2D eigenvalue weighted by atomic mass is 16.6. The zero-order chi connectivity index (χ0) is 58.5. The van der Waals surface area contributed by atoms with Crippen LogP contribution in [0.1, 0.15) is 316 Å². The minimum absolute atomic E-state index is 0.0915. The van der Waals surface area contributed by atoms with E-state index in [1.54, 1.807) is 0 Å². The van der Waals surface area contributed by atoms with Gasteiger partial charge >= 0.3 is 17.9 Å². The molecule has 0 amide bonds. The number of hydrogen-bond donors (Lipinski definition) is 0. The molecule has 0 aliphatic carbocycles. The molecular formula is C75H126O6. The Bertz CT molecular complexity index is 1670. The first kappa shape index (κ1) is 76.8. The molecule has 0 aromatic rings. The first-order valence-corrected chi connectivity index (χ1v) is 34.0. The van der Waals surface area contributed by atoms with E-state index in [2.05, 4.69) is 142 Å². The fraction of sp³-hybridized carbons (Fsp3) is 0.693. The van der Waals surface area contributed by atoms with Gasteiger partial charge in [0.05, 0.1) is 0 Å². The van der Waals surface area contributed by atoms with Crippen LogP contribution < -0.4 is 0 Å². The molecule has 0 aliphatic heterocycles. The molecule has 0 fully saturated rings. The molecular weight excluding hydrogens is 997 g/mol. The van der Waals surface area contributed by atoms with Gasteiger partial charge in [0.25, 0.3) is 0 Å². The fourth-order valence-corrected chi connectivity index (χ4v) is 9.33. The average molecular weight is 1120 g/mol. The van der Waals surface area contributed by atoms with Crippen LogP contribution in [0.15, 0.2) is 122 Å². The lowest BCUT2D eigenvalue weighted by molar-refractivity contribution is -0.167. The van der Waals surface area contributed by atoms with E-state index in [1.807, 2.05) is 0 Å². The molecule has 1 unspecified atom stereocenters. The van der Waals surface area contributed by atoms with Crippen LogP contribution in [-0.4, -0.2) is 37.2 Å². The highest BCUT2D eigenvalue weighted by molar-refractivity contribution is 5.71. The van der Waals surface area contributed by atoms with E-state index >= 15 is 0 Å². The Morgan fingerprint density at radius 3 is 0.778 bits per heavy atom. The topological polar surface area (TPSA) is 78.9 Å². The van der Waals surface area contributed by atoms with Crippen molar-refractivity contribution in [3.63, 3.8) is 0 Å². The summed E-state index contributed by atoms with van der Waals surface area (Å²) >= 11 is 0. The summed E-state index contributed by atoms with van der Waals surface area (Å²) in [5.41, 5.74) is 0. The highest BCUT2D eigenvalue weighted by Crippen LogP contribution is 2.15. The number of esters is 3. The third-order valence-electron chi connectivity index (χ3n) is 14.4. The molecule has 0 N–H and O–H groups in total. The summed E-state index contributed by atoms with van der Waals surface area (Å²) in [7, 11) is 0. The largest absolute Gasteiger partial charge is 0.462 e. The van der Waals surface area contributed by atoms with Gasteiger partial charge in [0, 0.05) is 19.3 Å².